The summed E-state index contributed by atoms with van der Waals surface area (Å²) in [6, 6.07) is 15.8. The molecule has 0 saturated carbocycles. The smallest absolute Gasteiger partial charge is 0.407 e. The van der Waals surface area contributed by atoms with E-state index in [0.29, 0.717) is 19.5 Å². The zero-order valence-corrected chi connectivity index (χ0v) is 19.2. The Morgan fingerprint density at radius 1 is 1.09 bits per heavy atom. The second kappa shape index (κ2) is 12.8. The molecule has 8 nitrogen and oxygen atoms in total. The Labute approximate surface area is 195 Å². The van der Waals surface area contributed by atoms with Crippen molar-refractivity contribution in [1.29, 1.82) is 0 Å². The van der Waals surface area contributed by atoms with E-state index < -0.39 is 12.1 Å². The quantitative estimate of drug-likeness (QED) is 0.505. The number of phenols is 1. The summed E-state index contributed by atoms with van der Waals surface area (Å²) >= 11 is 0. The van der Waals surface area contributed by atoms with Crippen molar-refractivity contribution in [3.05, 3.63) is 65.7 Å². The van der Waals surface area contributed by atoms with Gasteiger partial charge in [-0.05, 0) is 29.7 Å². The lowest BCUT2D eigenvalue weighted by Crippen LogP contribution is -2.49. The Hall–Kier alpha value is -3.10. The molecule has 3 rings (SSSR count). The molecule has 0 aromatic heterocycles. The third kappa shape index (κ3) is 8.40. The fourth-order valence-corrected chi connectivity index (χ4v) is 3.77. The lowest BCUT2D eigenvalue weighted by Gasteiger charge is -2.27. The fourth-order valence-electron chi connectivity index (χ4n) is 3.77. The van der Waals surface area contributed by atoms with E-state index in [4.69, 9.17) is 4.74 Å². The summed E-state index contributed by atoms with van der Waals surface area (Å²) in [7, 11) is 1.74. The number of rotatable bonds is 10. The number of alkyl carbamates (subject to hydrolysis) is 1. The van der Waals surface area contributed by atoms with Crippen molar-refractivity contribution in [3.8, 4) is 5.75 Å². The average molecular weight is 455 g/mol. The number of aromatic hydroxyl groups is 1. The molecule has 2 aromatic carbocycles. The molecular weight excluding hydrogens is 420 g/mol. The minimum absolute atomic E-state index is 0.155. The summed E-state index contributed by atoms with van der Waals surface area (Å²) in [6.45, 7) is 5.21. The van der Waals surface area contributed by atoms with Gasteiger partial charge in [0, 0.05) is 52.7 Å². The van der Waals surface area contributed by atoms with E-state index in [2.05, 4.69) is 15.5 Å². The molecule has 178 valence electrons. The first kappa shape index (κ1) is 24.5. The van der Waals surface area contributed by atoms with Crippen LogP contribution in [0.25, 0.3) is 0 Å². The number of ether oxygens (including phenoxy) is 1. The van der Waals surface area contributed by atoms with Crippen LogP contribution in [0.15, 0.2) is 54.6 Å². The van der Waals surface area contributed by atoms with E-state index in [0.717, 1.165) is 43.7 Å². The average Bonchev–Trinajstić information content (AvgIpc) is 2.84. The van der Waals surface area contributed by atoms with Gasteiger partial charge < -0.3 is 25.4 Å². The number of nitrogens with one attached hydrogen (secondary N) is 2. The molecule has 0 bridgehead atoms. The number of hydrogen-bond acceptors (Lipinski definition) is 6. The van der Waals surface area contributed by atoms with Crippen LogP contribution in [-0.4, -0.2) is 85.9 Å². The molecule has 0 unspecified atom stereocenters. The van der Waals surface area contributed by atoms with Gasteiger partial charge in [-0.25, -0.2) is 4.79 Å². The number of benzene rings is 2. The van der Waals surface area contributed by atoms with E-state index in [1.807, 2.05) is 30.3 Å². The summed E-state index contributed by atoms with van der Waals surface area (Å²) in [4.78, 5) is 29.5. The molecule has 0 radical (unpaired) electrons. The topological polar surface area (TPSA) is 94.1 Å². The van der Waals surface area contributed by atoms with Crippen molar-refractivity contribution < 1.29 is 19.4 Å². The molecule has 1 aliphatic rings. The van der Waals surface area contributed by atoms with Gasteiger partial charge in [0.2, 0.25) is 5.91 Å². The zero-order valence-electron chi connectivity index (χ0n) is 19.2. The predicted molar refractivity (Wildman–Crippen MR) is 127 cm³/mol. The van der Waals surface area contributed by atoms with Crippen molar-refractivity contribution >= 4 is 12.0 Å². The summed E-state index contributed by atoms with van der Waals surface area (Å²) in [5.74, 6) is -0.0278. The van der Waals surface area contributed by atoms with Crippen LogP contribution in [0.1, 0.15) is 11.1 Å². The first-order chi connectivity index (χ1) is 16.0. The maximum Gasteiger partial charge on any atom is 0.407 e. The van der Waals surface area contributed by atoms with Gasteiger partial charge in [0.25, 0.3) is 0 Å². The lowest BCUT2D eigenvalue weighted by molar-refractivity contribution is -0.132. The van der Waals surface area contributed by atoms with Gasteiger partial charge >= 0.3 is 6.09 Å². The molecule has 1 heterocycles. The third-order valence-corrected chi connectivity index (χ3v) is 5.77. The molecule has 2 amide bonds. The second-order valence-electron chi connectivity index (χ2n) is 8.29. The SMILES string of the molecule is CN(CCc1ccccc1)C(=O)[C@H](Cc1ccc(O)cc1)NC(=O)OCCN1CCNCC1. The van der Waals surface area contributed by atoms with Gasteiger partial charge in [-0.2, -0.15) is 0 Å². The van der Waals surface area contributed by atoms with Crippen molar-refractivity contribution in [2.24, 2.45) is 0 Å². The maximum atomic E-state index is 13.2. The van der Waals surface area contributed by atoms with Crippen molar-refractivity contribution in [1.82, 2.24) is 20.4 Å². The fraction of sp³-hybridized carbons (Fsp3) is 0.440. The van der Waals surface area contributed by atoms with E-state index >= 15 is 0 Å². The van der Waals surface area contributed by atoms with Crippen LogP contribution in [0.5, 0.6) is 5.75 Å². The molecule has 1 saturated heterocycles. The summed E-state index contributed by atoms with van der Waals surface area (Å²) in [6.07, 6.45) is 0.435. The normalized spacial score (nSPS) is 14.9. The van der Waals surface area contributed by atoms with E-state index in [-0.39, 0.29) is 18.3 Å². The van der Waals surface area contributed by atoms with Crippen LogP contribution in [0.4, 0.5) is 4.79 Å². The van der Waals surface area contributed by atoms with E-state index in [1.165, 1.54) is 0 Å². The molecule has 8 heteroatoms. The zero-order chi connectivity index (χ0) is 23.5. The number of carbonyl (C=O) groups is 2. The highest BCUT2D eigenvalue weighted by atomic mass is 16.5. The number of nitrogens with zero attached hydrogens (tertiary/aromatic N) is 2. The molecule has 33 heavy (non-hydrogen) atoms. The van der Waals surface area contributed by atoms with Crippen LogP contribution in [-0.2, 0) is 22.4 Å². The number of amides is 2. The van der Waals surface area contributed by atoms with Crippen LogP contribution >= 0.6 is 0 Å². The van der Waals surface area contributed by atoms with E-state index in [9.17, 15) is 14.7 Å². The monoisotopic (exact) mass is 454 g/mol. The Kier molecular flexibility index (Phi) is 9.53. The minimum atomic E-state index is -0.762. The summed E-state index contributed by atoms with van der Waals surface area (Å²) in [5.41, 5.74) is 1.98. The standard InChI is InChI=1S/C25H34N4O4/c1-28(14-11-20-5-3-2-4-6-20)24(31)23(19-21-7-9-22(30)10-8-21)27-25(32)33-18-17-29-15-12-26-13-16-29/h2-10,23,26,30H,11-19H2,1H3,(H,27,32)/t23-/m0/s1. The highest BCUT2D eigenvalue weighted by Crippen LogP contribution is 2.13. The number of likely N-dealkylation sites (N-methyl/N-ethyl adjacent to an activating group) is 1. The predicted octanol–water partition coefficient (Wildman–Crippen LogP) is 1.64. The van der Waals surface area contributed by atoms with Gasteiger partial charge in [-0.15, -0.1) is 0 Å². The highest BCUT2D eigenvalue weighted by molar-refractivity contribution is 5.85. The number of phenolic OH excluding ortho intramolecular Hbond substituents is 1. The number of carbonyl (C=O) groups excluding carboxylic acids is 2. The van der Waals surface area contributed by atoms with Crippen LogP contribution < -0.4 is 10.6 Å². The van der Waals surface area contributed by atoms with Gasteiger partial charge in [0.15, 0.2) is 0 Å². The van der Waals surface area contributed by atoms with Crippen molar-refractivity contribution in [2.45, 2.75) is 18.9 Å². The Bertz CT molecular complexity index is 870. The molecule has 0 spiro atoms. The largest absolute Gasteiger partial charge is 0.508 e. The molecule has 1 fully saturated rings. The molecule has 1 atom stereocenters. The van der Waals surface area contributed by atoms with E-state index in [1.54, 1.807) is 36.2 Å². The highest BCUT2D eigenvalue weighted by Gasteiger charge is 2.25. The molecular formula is C25H34N4O4. The van der Waals surface area contributed by atoms with Gasteiger partial charge in [-0.3, -0.25) is 9.69 Å². The second-order valence-corrected chi connectivity index (χ2v) is 8.29. The summed E-state index contributed by atoms with van der Waals surface area (Å²) in [5, 5.41) is 15.6. The molecule has 2 aromatic rings. The van der Waals surface area contributed by atoms with Gasteiger partial charge in [0.05, 0.1) is 0 Å². The van der Waals surface area contributed by atoms with Crippen LogP contribution in [0.3, 0.4) is 0 Å². The summed E-state index contributed by atoms with van der Waals surface area (Å²) < 4.78 is 5.37. The maximum absolute atomic E-state index is 13.2. The van der Waals surface area contributed by atoms with Crippen LogP contribution in [0.2, 0.25) is 0 Å². The van der Waals surface area contributed by atoms with Crippen molar-refractivity contribution in [3.63, 3.8) is 0 Å². The van der Waals surface area contributed by atoms with Gasteiger partial charge in [0.1, 0.15) is 18.4 Å². The molecule has 0 aliphatic carbocycles. The van der Waals surface area contributed by atoms with Crippen LogP contribution in [0, 0.1) is 0 Å². The van der Waals surface area contributed by atoms with Gasteiger partial charge in [-0.1, -0.05) is 42.5 Å². The first-order valence-electron chi connectivity index (χ1n) is 11.4. The first-order valence-corrected chi connectivity index (χ1v) is 11.4. The molecule has 3 N–H and O–H groups in total. The molecule has 1 aliphatic heterocycles. The lowest BCUT2D eigenvalue weighted by atomic mass is 10.0. The van der Waals surface area contributed by atoms with Crippen molar-refractivity contribution in [2.75, 3.05) is 52.9 Å². The minimum Gasteiger partial charge on any atom is -0.508 e. The number of piperazine rings is 1. The Morgan fingerprint density at radius 3 is 2.48 bits per heavy atom. The Morgan fingerprint density at radius 2 is 1.79 bits per heavy atom. The number of hydrogen-bond donors (Lipinski definition) is 3. The third-order valence-electron chi connectivity index (χ3n) is 5.77. The Balaban J connectivity index is 1.56.